The van der Waals surface area contributed by atoms with Gasteiger partial charge in [0.15, 0.2) is 0 Å². The number of urea groups is 1. The number of carboxylic acid groups (broad SMARTS) is 1. The van der Waals surface area contributed by atoms with Crippen LogP contribution in [-0.4, -0.2) is 17.1 Å². The van der Waals surface area contributed by atoms with Crippen molar-refractivity contribution in [3.8, 4) is 0 Å². The fraction of sp³-hybridized carbons (Fsp3) is 0.143. The lowest BCUT2D eigenvalue weighted by Crippen LogP contribution is -2.29. The number of carboxylic acids is 1. The van der Waals surface area contributed by atoms with E-state index in [1.807, 2.05) is 17.7 Å². The molecule has 110 valence electrons. The van der Waals surface area contributed by atoms with E-state index in [1.54, 1.807) is 11.3 Å². The van der Waals surface area contributed by atoms with Gasteiger partial charge in [0.1, 0.15) is 0 Å². The molecule has 2 rings (SSSR count). The van der Waals surface area contributed by atoms with Crippen molar-refractivity contribution in [1.29, 1.82) is 0 Å². The summed E-state index contributed by atoms with van der Waals surface area (Å²) in [6.45, 7) is 2.34. The third-order valence-electron chi connectivity index (χ3n) is 2.86. The van der Waals surface area contributed by atoms with E-state index in [2.05, 4.69) is 10.6 Å². The highest BCUT2D eigenvalue weighted by atomic mass is 35.5. The van der Waals surface area contributed by atoms with Gasteiger partial charge in [0.05, 0.1) is 11.3 Å². The molecule has 5 nitrogen and oxygen atoms in total. The summed E-state index contributed by atoms with van der Waals surface area (Å²) in [6.07, 6.45) is 0. The molecular weight excluding hydrogens is 312 g/mol. The molecule has 0 aliphatic heterocycles. The van der Waals surface area contributed by atoms with E-state index in [0.29, 0.717) is 11.6 Å². The van der Waals surface area contributed by atoms with Gasteiger partial charge in [-0.1, -0.05) is 11.6 Å². The van der Waals surface area contributed by atoms with Crippen LogP contribution in [0.15, 0.2) is 29.0 Å². The Kier molecular flexibility index (Phi) is 4.82. The Balaban J connectivity index is 2.04. The summed E-state index contributed by atoms with van der Waals surface area (Å²) in [5.41, 5.74) is 2.28. The number of carbonyl (C=O) groups is 2. The zero-order valence-electron chi connectivity index (χ0n) is 11.1. The third kappa shape index (κ3) is 3.96. The molecule has 1 heterocycles. The number of benzene rings is 1. The van der Waals surface area contributed by atoms with Gasteiger partial charge in [-0.2, -0.15) is 11.3 Å². The monoisotopic (exact) mass is 324 g/mol. The minimum Gasteiger partial charge on any atom is -0.478 e. The van der Waals surface area contributed by atoms with Gasteiger partial charge in [-0.3, -0.25) is 0 Å². The van der Waals surface area contributed by atoms with Gasteiger partial charge in [0.25, 0.3) is 0 Å². The predicted octanol–water partition coefficient (Wildman–Crippen LogP) is 3.73. The SMILES string of the molecule is Cc1cscc1CNC(=O)Nc1cc(Cl)ccc1C(=O)O. The maximum Gasteiger partial charge on any atom is 0.337 e. The van der Waals surface area contributed by atoms with E-state index < -0.39 is 12.0 Å². The van der Waals surface area contributed by atoms with Crippen LogP contribution in [-0.2, 0) is 6.54 Å². The second-order valence-corrected chi connectivity index (χ2v) is 5.56. The van der Waals surface area contributed by atoms with E-state index in [1.165, 1.54) is 18.2 Å². The molecule has 0 aliphatic carbocycles. The zero-order valence-corrected chi connectivity index (χ0v) is 12.7. The summed E-state index contributed by atoms with van der Waals surface area (Å²) < 4.78 is 0. The molecule has 3 N–H and O–H groups in total. The van der Waals surface area contributed by atoms with E-state index in [0.717, 1.165) is 11.1 Å². The van der Waals surface area contributed by atoms with Crippen molar-refractivity contribution in [3.05, 3.63) is 50.7 Å². The summed E-state index contributed by atoms with van der Waals surface area (Å²) in [5.74, 6) is -1.13. The number of carbonyl (C=O) groups excluding carboxylic acids is 1. The molecule has 0 atom stereocenters. The number of anilines is 1. The maximum atomic E-state index is 11.9. The molecule has 0 fully saturated rings. The first-order chi connectivity index (χ1) is 9.97. The van der Waals surface area contributed by atoms with Crippen molar-refractivity contribution in [3.63, 3.8) is 0 Å². The van der Waals surface area contributed by atoms with Crippen molar-refractivity contribution in [1.82, 2.24) is 5.32 Å². The molecule has 0 aliphatic rings. The van der Waals surface area contributed by atoms with Crippen LogP contribution in [0.3, 0.4) is 0 Å². The second kappa shape index (κ2) is 6.60. The van der Waals surface area contributed by atoms with E-state index in [-0.39, 0.29) is 11.3 Å². The number of nitrogens with one attached hydrogen (secondary N) is 2. The lowest BCUT2D eigenvalue weighted by atomic mass is 10.2. The Hall–Kier alpha value is -2.05. The van der Waals surface area contributed by atoms with Gasteiger partial charge in [-0.15, -0.1) is 0 Å². The number of amides is 2. The molecule has 2 amide bonds. The van der Waals surface area contributed by atoms with Crippen LogP contribution in [0.5, 0.6) is 0 Å². The van der Waals surface area contributed by atoms with E-state index >= 15 is 0 Å². The standard InChI is InChI=1S/C14H13ClN2O3S/c1-8-6-21-7-9(8)5-16-14(20)17-12-4-10(15)2-3-11(12)13(18)19/h2-4,6-7H,5H2,1H3,(H,18,19)(H2,16,17,20). The topological polar surface area (TPSA) is 78.4 Å². The number of aromatic carboxylic acids is 1. The predicted molar refractivity (Wildman–Crippen MR) is 83.3 cm³/mol. The summed E-state index contributed by atoms with van der Waals surface area (Å²) in [7, 11) is 0. The highest BCUT2D eigenvalue weighted by Crippen LogP contribution is 2.21. The number of halogens is 1. The Morgan fingerprint density at radius 3 is 2.71 bits per heavy atom. The second-order valence-electron chi connectivity index (χ2n) is 4.38. The minimum absolute atomic E-state index is 0.0127. The van der Waals surface area contributed by atoms with Crippen molar-refractivity contribution in [2.24, 2.45) is 0 Å². The average Bonchev–Trinajstić information content (AvgIpc) is 2.81. The molecule has 0 unspecified atom stereocenters. The molecule has 21 heavy (non-hydrogen) atoms. The minimum atomic E-state index is -1.13. The van der Waals surface area contributed by atoms with Gasteiger partial charge in [-0.25, -0.2) is 9.59 Å². The Morgan fingerprint density at radius 2 is 2.10 bits per heavy atom. The molecule has 1 aromatic carbocycles. The molecule has 7 heteroatoms. The molecule has 0 spiro atoms. The number of rotatable bonds is 4. The smallest absolute Gasteiger partial charge is 0.337 e. The summed E-state index contributed by atoms with van der Waals surface area (Å²) >= 11 is 7.38. The van der Waals surface area contributed by atoms with Gasteiger partial charge in [-0.05, 0) is 47.0 Å². The van der Waals surface area contributed by atoms with Crippen molar-refractivity contribution in [2.45, 2.75) is 13.5 Å². The Morgan fingerprint density at radius 1 is 1.33 bits per heavy atom. The first-order valence-corrected chi connectivity index (χ1v) is 7.39. The van der Waals surface area contributed by atoms with Gasteiger partial charge >= 0.3 is 12.0 Å². The molecule has 0 saturated heterocycles. The first-order valence-electron chi connectivity index (χ1n) is 6.06. The molecule has 2 aromatic rings. The lowest BCUT2D eigenvalue weighted by Gasteiger charge is -2.10. The highest BCUT2D eigenvalue weighted by molar-refractivity contribution is 7.08. The molecule has 0 saturated carbocycles. The first kappa shape index (κ1) is 15.3. The van der Waals surface area contributed by atoms with Crippen LogP contribution in [0.2, 0.25) is 5.02 Å². The van der Waals surface area contributed by atoms with Crippen molar-refractivity contribution < 1.29 is 14.7 Å². The van der Waals surface area contributed by atoms with Crippen LogP contribution in [0.1, 0.15) is 21.5 Å². The average molecular weight is 325 g/mol. The number of aryl methyl sites for hydroxylation is 1. The van der Waals surface area contributed by atoms with Gasteiger partial charge < -0.3 is 15.7 Å². The molecule has 0 radical (unpaired) electrons. The number of thiophene rings is 1. The quantitative estimate of drug-likeness (QED) is 0.801. The molecule has 1 aromatic heterocycles. The number of hydrogen-bond donors (Lipinski definition) is 3. The van der Waals surface area contributed by atoms with Crippen LogP contribution in [0.25, 0.3) is 0 Å². The van der Waals surface area contributed by atoms with Crippen molar-refractivity contribution in [2.75, 3.05) is 5.32 Å². The van der Waals surface area contributed by atoms with Crippen LogP contribution < -0.4 is 10.6 Å². The normalized spacial score (nSPS) is 10.2. The Bertz CT molecular complexity index is 685. The lowest BCUT2D eigenvalue weighted by molar-refractivity contribution is 0.0698. The van der Waals surface area contributed by atoms with E-state index in [4.69, 9.17) is 16.7 Å². The summed E-state index contributed by atoms with van der Waals surface area (Å²) in [6, 6.07) is 3.73. The highest BCUT2D eigenvalue weighted by Gasteiger charge is 2.13. The van der Waals surface area contributed by atoms with Gasteiger partial charge in [0, 0.05) is 11.6 Å². The fourth-order valence-electron chi connectivity index (χ4n) is 1.72. The fourth-order valence-corrected chi connectivity index (χ4v) is 2.75. The van der Waals surface area contributed by atoms with Gasteiger partial charge in [0.2, 0.25) is 0 Å². The van der Waals surface area contributed by atoms with Crippen molar-refractivity contribution >= 4 is 40.6 Å². The molecule has 0 bridgehead atoms. The van der Waals surface area contributed by atoms with Crippen LogP contribution in [0, 0.1) is 6.92 Å². The molecular formula is C14H13ClN2O3S. The Labute approximate surface area is 130 Å². The zero-order chi connectivity index (χ0) is 15.4. The third-order valence-corrected chi connectivity index (χ3v) is 4.01. The van der Waals surface area contributed by atoms with Crippen LogP contribution >= 0.6 is 22.9 Å². The largest absolute Gasteiger partial charge is 0.478 e. The van der Waals surface area contributed by atoms with Crippen LogP contribution in [0.4, 0.5) is 10.5 Å². The summed E-state index contributed by atoms with van der Waals surface area (Å²) in [4.78, 5) is 22.9. The van der Waals surface area contributed by atoms with E-state index in [9.17, 15) is 9.59 Å². The summed E-state index contributed by atoms with van der Waals surface area (Å²) in [5, 5.41) is 18.6. The number of hydrogen-bond acceptors (Lipinski definition) is 3. The maximum absolute atomic E-state index is 11.9.